The van der Waals surface area contributed by atoms with Crippen LogP contribution in [0, 0.1) is 5.82 Å². The number of amides is 1. The molecule has 0 spiro atoms. The molecule has 0 saturated carbocycles. The van der Waals surface area contributed by atoms with Gasteiger partial charge >= 0.3 is 0 Å². The van der Waals surface area contributed by atoms with E-state index < -0.39 is 6.10 Å². The largest absolute Gasteiger partial charge is 0.364 e. The van der Waals surface area contributed by atoms with Crippen molar-refractivity contribution in [2.45, 2.75) is 25.0 Å². The topological polar surface area (TPSA) is 29.5 Å². The van der Waals surface area contributed by atoms with Gasteiger partial charge in [-0.25, -0.2) is 4.39 Å². The van der Waals surface area contributed by atoms with Crippen molar-refractivity contribution < 1.29 is 13.9 Å². The van der Waals surface area contributed by atoms with Gasteiger partial charge in [-0.3, -0.25) is 4.79 Å². The van der Waals surface area contributed by atoms with Crippen LogP contribution in [0.5, 0.6) is 0 Å². The molecule has 4 heteroatoms. The summed E-state index contributed by atoms with van der Waals surface area (Å²) >= 11 is 0. The molecule has 2 aromatic carbocycles. The molecule has 1 saturated heterocycles. The predicted octanol–water partition coefficient (Wildman–Crippen LogP) is 3.64. The number of hydrogen-bond donors (Lipinski definition) is 0. The lowest BCUT2D eigenvalue weighted by molar-refractivity contribution is -0.143. The van der Waals surface area contributed by atoms with Gasteiger partial charge in [0.15, 0.2) is 0 Å². The monoisotopic (exact) mass is 337 g/mol. The third-order valence-corrected chi connectivity index (χ3v) is 4.99. The first-order valence-electron chi connectivity index (χ1n) is 8.55. The fourth-order valence-electron chi connectivity index (χ4n) is 3.75. The van der Waals surface area contributed by atoms with E-state index in [4.69, 9.17) is 4.74 Å². The molecule has 128 valence electrons. The SMILES string of the molecule is C=C1COC(C(=O)N2CCc3ccccc3[C@@H]2c2ccc(F)cc2)C1. The summed E-state index contributed by atoms with van der Waals surface area (Å²) in [6, 6.07) is 14.4. The summed E-state index contributed by atoms with van der Waals surface area (Å²) in [7, 11) is 0. The molecule has 1 fully saturated rings. The zero-order valence-electron chi connectivity index (χ0n) is 14.0. The molecule has 4 rings (SSSR count). The van der Waals surface area contributed by atoms with Crippen LogP contribution in [-0.2, 0) is 16.0 Å². The minimum absolute atomic E-state index is 0.0116. The second kappa shape index (κ2) is 6.45. The van der Waals surface area contributed by atoms with E-state index >= 15 is 0 Å². The third kappa shape index (κ3) is 2.98. The highest BCUT2D eigenvalue weighted by atomic mass is 19.1. The minimum Gasteiger partial charge on any atom is -0.364 e. The molecule has 3 nitrogen and oxygen atoms in total. The van der Waals surface area contributed by atoms with Gasteiger partial charge in [0.05, 0.1) is 12.6 Å². The van der Waals surface area contributed by atoms with Crippen molar-refractivity contribution in [1.29, 1.82) is 0 Å². The fraction of sp³-hybridized carbons (Fsp3) is 0.286. The Kier molecular flexibility index (Phi) is 4.14. The van der Waals surface area contributed by atoms with E-state index in [-0.39, 0.29) is 17.8 Å². The van der Waals surface area contributed by atoms with E-state index in [2.05, 4.69) is 18.7 Å². The molecule has 1 amide bonds. The molecule has 0 bridgehead atoms. The molecule has 0 aromatic heterocycles. The normalized spacial score (nSPS) is 22.8. The summed E-state index contributed by atoms with van der Waals surface area (Å²) in [4.78, 5) is 15.0. The molecule has 1 unspecified atom stereocenters. The maximum Gasteiger partial charge on any atom is 0.252 e. The van der Waals surface area contributed by atoms with Crippen LogP contribution in [-0.4, -0.2) is 30.1 Å². The van der Waals surface area contributed by atoms with Crippen molar-refractivity contribution in [3.05, 3.63) is 83.2 Å². The number of rotatable bonds is 2. The Balaban J connectivity index is 1.73. The van der Waals surface area contributed by atoms with Crippen molar-refractivity contribution in [3.8, 4) is 0 Å². The average molecular weight is 337 g/mol. The van der Waals surface area contributed by atoms with E-state index in [1.807, 2.05) is 17.0 Å². The number of benzene rings is 2. The zero-order chi connectivity index (χ0) is 17.4. The number of carbonyl (C=O) groups is 1. The van der Waals surface area contributed by atoms with Crippen LogP contribution in [0.4, 0.5) is 4.39 Å². The fourth-order valence-corrected chi connectivity index (χ4v) is 3.75. The van der Waals surface area contributed by atoms with Crippen molar-refractivity contribution in [3.63, 3.8) is 0 Å². The van der Waals surface area contributed by atoms with Crippen LogP contribution in [0.25, 0.3) is 0 Å². The highest BCUT2D eigenvalue weighted by Crippen LogP contribution is 2.36. The molecular weight excluding hydrogens is 317 g/mol. The molecule has 0 N–H and O–H groups in total. The van der Waals surface area contributed by atoms with Gasteiger partial charge in [-0.15, -0.1) is 0 Å². The Morgan fingerprint density at radius 3 is 2.64 bits per heavy atom. The van der Waals surface area contributed by atoms with Gasteiger partial charge in [-0.05, 0) is 40.8 Å². The van der Waals surface area contributed by atoms with Gasteiger partial charge < -0.3 is 9.64 Å². The van der Waals surface area contributed by atoms with Crippen LogP contribution in [0.3, 0.4) is 0 Å². The Bertz CT molecular complexity index is 815. The first-order valence-corrected chi connectivity index (χ1v) is 8.55. The first-order chi connectivity index (χ1) is 12.1. The van der Waals surface area contributed by atoms with Crippen LogP contribution in [0.1, 0.15) is 29.2 Å². The quantitative estimate of drug-likeness (QED) is 0.783. The van der Waals surface area contributed by atoms with E-state index in [9.17, 15) is 9.18 Å². The van der Waals surface area contributed by atoms with Gasteiger partial charge in [0, 0.05) is 13.0 Å². The number of halogens is 1. The van der Waals surface area contributed by atoms with E-state index in [0.29, 0.717) is 19.6 Å². The summed E-state index contributed by atoms with van der Waals surface area (Å²) < 4.78 is 19.0. The summed E-state index contributed by atoms with van der Waals surface area (Å²) in [5.74, 6) is -0.288. The molecular formula is C21H20FNO2. The maximum absolute atomic E-state index is 13.4. The van der Waals surface area contributed by atoms with E-state index in [1.54, 1.807) is 12.1 Å². The van der Waals surface area contributed by atoms with Crippen LogP contribution in [0.2, 0.25) is 0 Å². The lowest BCUT2D eigenvalue weighted by Crippen LogP contribution is -2.45. The molecule has 2 heterocycles. The Labute approximate surface area is 146 Å². The lowest BCUT2D eigenvalue weighted by atomic mass is 9.87. The number of nitrogens with zero attached hydrogens (tertiary/aromatic N) is 1. The number of carbonyl (C=O) groups excluding carboxylic acids is 1. The molecule has 25 heavy (non-hydrogen) atoms. The second-order valence-corrected chi connectivity index (χ2v) is 6.69. The molecule has 0 aliphatic carbocycles. The molecule has 0 radical (unpaired) electrons. The first kappa shape index (κ1) is 16.0. The lowest BCUT2D eigenvalue weighted by Gasteiger charge is -2.38. The van der Waals surface area contributed by atoms with Crippen LogP contribution < -0.4 is 0 Å². The maximum atomic E-state index is 13.4. The predicted molar refractivity (Wildman–Crippen MR) is 93.6 cm³/mol. The van der Waals surface area contributed by atoms with Crippen molar-refractivity contribution in [2.24, 2.45) is 0 Å². The van der Waals surface area contributed by atoms with Gasteiger partial charge in [-0.1, -0.05) is 43.0 Å². The number of ether oxygens (including phenoxy) is 1. The summed E-state index contributed by atoms with van der Waals surface area (Å²) in [6.07, 6.45) is 0.932. The number of hydrogen-bond acceptors (Lipinski definition) is 2. The zero-order valence-corrected chi connectivity index (χ0v) is 14.0. The summed E-state index contributed by atoms with van der Waals surface area (Å²) in [6.45, 7) is 4.99. The second-order valence-electron chi connectivity index (χ2n) is 6.69. The average Bonchev–Trinajstić information content (AvgIpc) is 3.07. The molecule has 2 atom stereocenters. The minimum atomic E-state index is -0.458. The standard InChI is InChI=1S/C21H20FNO2/c1-14-12-19(25-13-14)21(24)23-11-10-15-4-2-3-5-18(15)20(23)16-6-8-17(22)9-7-16/h2-9,19-20H,1,10-13H2/t19?,20-/m0/s1. The highest BCUT2D eigenvalue weighted by Gasteiger charge is 2.37. The summed E-state index contributed by atoms with van der Waals surface area (Å²) in [5.41, 5.74) is 4.20. The third-order valence-electron chi connectivity index (χ3n) is 4.99. The highest BCUT2D eigenvalue weighted by molar-refractivity contribution is 5.83. The van der Waals surface area contributed by atoms with E-state index in [1.165, 1.54) is 17.7 Å². The van der Waals surface area contributed by atoms with Gasteiger partial charge in [0.25, 0.3) is 5.91 Å². The van der Waals surface area contributed by atoms with Crippen molar-refractivity contribution in [1.82, 2.24) is 4.90 Å². The van der Waals surface area contributed by atoms with Crippen LogP contribution >= 0.6 is 0 Å². The molecule has 2 aliphatic rings. The molecule has 2 aromatic rings. The Morgan fingerprint density at radius 2 is 1.92 bits per heavy atom. The van der Waals surface area contributed by atoms with Crippen molar-refractivity contribution in [2.75, 3.05) is 13.2 Å². The Hall–Kier alpha value is -2.46. The van der Waals surface area contributed by atoms with E-state index in [0.717, 1.165) is 23.1 Å². The van der Waals surface area contributed by atoms with Crippen LogP contribution in [0.15, 0.2) is 60.7 Å². The van der Waals surface area contributed by atoms with Gasteiger partial charge in [0.2, 0.25) is 0 Å². The van der Waals surface area contributed by atoms with Gasteiger partial charge in [-0.2, -0.15) is 0 Å². The summed E-state index contributed by atoms with van der Waals surface area (Å²) in [5, 5.41) is 0. The number of fused-ring (bicyclic) bond motifs is 1. The Morgan fingerprint density at radius 1 is 1.16 bits per heavy atom. The van der Waals surface area contributed by atoms with Crippen molar-refractivity contribution >= 4 is 5.91 Å². The van der Waals surface area contributed by atoms with Gasteiger partial charge in [0.1, 0.15) is 11.9 Å². The smallest absolute Gasteiger partial charge is 0.252 e. The molecule has 2 aliphatic heterocycles.